The van der Waals surface area contributed by atoms with Gasteiger partial charge >= 0.3 is 0 Å². The van der Waals surface area contributed by atoms with Gasteiger partial charge < -0.3 is 15.1 Å². The summed E-state index contributed by atoms with van der Waals surface area (Å²) < 4.78 is 5.57. The summed E-state index contributed by atoms with van der Waals surface area (Å²) >= 11 is 6.19. The highest BCUT2D eigenvalue weighted by Gasteiger charge is 2.20. The first kappa shape index (κ1) is 15.4. The number of benzene rings is 1. The minimum atomic E-state index is 0.133. The van der Waals surface area contributed by atoms with Crippen LogP contribution in [0.2, 0.25) is 5.02 Å². The van der Waals surface area contributed by atoms with Gasteiger partial charge in [0.05, 0.1) is 12.7 Å². The molecule has 1 fully saturated rings. The van der Waals surface area contributed by atoms with Crippen LogP contribution in [-0.2, 0) is 11.2 Å². The molecule has 1 aromatic heterocycles. The summed E-state index contributed by atoms with van der Waals surface area (Å²) in [5, 5.41) is 1.62. The molecule has 1 saturated heterocycles. The quantitative estimate of drug-likeness (QED) is 0.923. The molecule has 0 aliphatic carbocycles. The van der Waals surface area contributed by atoms with Crippen LogP contribution in [0.25, 0.3) is 11.0 Å². The van der Waals surface area contributed by atoms with Crippen LogP contribution in [0.3, 0.4) is 0 Å². The molecule has 1 aromatic carbocycles. The van der Waals surface area contributed by atoms with Gasteiger partial charge in [-0.2, -0.15) is 0 Å². The van der Waals surface area contributed by atoms with E-state index < -0.39 is 0 Å². The van der Waals surface area contributed by atoms with E-state index in [1.165, 1.54) is 0 Å². The Morgan fingerprint density at radius 2 is 2.23 bits per heavy atom. The van der Waals surface area contributed by atoms with E-state index in [2.05, 4.69) is 0 Å². The van der Waals surface area contributed by atoms with Crippen LogP contribution in [0.15, 0.2) is 22.8 Å². The number of furan rings is 1. The van der Waals surface area contributed by atoms with Gasteiger partial charge in [-0.3, -0.25) is 4.79 Å². The number of carbonyl (C=O) groups is 1. The summed E-state index contributed by atoms with van der Waals surface area (Å²) in [5.41, 5.74) is 8.62. The molecule has 1 aliphatic rings. The van der Waals surface area contributed by atoms with Crippen molar-refractivity contribution >= 4 is 28.5 Å². The number of nitrogens with two attached hydrogens (primary N) is 1. The number of likely N-dealkylation sites (tertiary alicyclic amines) is 1. The fourth-order valence-corrected chi connectivity index (χ4v) is 3.15. The summed E-state index contributed by atoms with van der Waals surface area (Å²) in [6.45, 7) is 3.48. The second-order valence-electron chi connectivity index (χ2n) is 6.11. The standard InChI is InChI=1S/C17H21ClN2O2/c1-11-7-16-14(9-15(11)18)12(10-22-16)8-17(21)20-5-2-3-13(19)4-6-20/h7,9-10,13H,2-6,8,19H2,1H3. The number of hydrogen-bond acceptors (Lipinski definition) is 3. The molecule has 1 atom stereocenters. The number of carbonyl (C=O) groups excluding carboxylic acids is 1. The van der Waals surface area contributed by atoms with E-state index in [9.17, 15) is 4.79 Å². The normalized spacial score (nSPS) is 19.4. The third-order valence-corrected chi connectivity index (χ3v) is 4.81. The molecule has 0 spiro atoms. The fraction of sp³-hybridized carbons (Fsp3) is 0.471. The molecule has 1 aliphatic heterocycles. The van der Waals surface area contributed by atoms with Gasteiger partial charge in [-0.05, 0) is 43.9 Å². The Hall–Kier alpha value is -1.52. The molecule has 1 amide bonds. The third-order valence-electron chi connectivity index (χ3n) is 4.40. The molecule has 2 aromatic rings. The maximum absolute atomic E-state index is 12.5. The minimum Gasteiger partial charge on any atom is -0.464 e. The van der Waals surface area contributed by atoms with Gasteiger partial charge in [-0.15, -0.1) is 0 Å². The average Bonchev–Trinajstić information content (AvgIpc) is 2.71. The van der Waals surface area contributed by atoms with Crippen LogP contribution < -0.4 is 5.73 Å². The second kappa shape index (κ2) is 6.31. The van der Waals surface area contributed by atoms with Crippen molar-refractivity contribution in [3.05, 3.63) is 34.5 Å². The van der Waals surface area contributed by atoms with E-state index in [-0.39, 0.29) is 11.9 Å². The highest BCUT2D eigenvalue weighted by molar-refractivity contribution is 6.32. The van der Waals surface area contributed by atoms with Crippen LogP contribution in [0.1, 0.15) is 30.4 Å². The summed E-state index contributed by atoms with van der Waals surface area (Å²) in [6, 6.07) is 4.02. The Balaban J connectivity index is 1.78. The number of aryl methyl sites for hydroxylation is 1. The summed E-state index contributed by atoms with van der Waals surface area (Å²) in [6.07, 6.45) is 4.86. The molecule has 0 bridgehead atoms. The molecule has 2 N–H and O–H groups in total. The lowest BCUT2D eigenvalue weighted by Gasteiger charge is -2.20. The van der Waals surface area contributed by atoms with E-state index in [0.29, 0.717) is 11.4 Å². The highest BCUT2D eigenvalue weighted by Crippen LogP contribution is 2.28. The molecule has 0 radical (unpaired) electrons. The number of halogens is 1. The van der Waals surface area contributed by atoms with Crippen molar-refractivity contribution in [3.63, 3.8) is 0 Å². The minimum absolute atomic E-state index is 0.133. The lowest BCUT2D eigenvalue weighted by atomic mass is 10.1. The molecule has 0 saturated carbocycles. The van der Waals surface area contributed by atoms with E-state index in [4.69, 9.17) is 21.8 Å². The fourth-order valence-electron chi connectivity index (χ4n) is 2.98. The molecule has 22 heavy (non-hydrogen) atoms. The Labute approximate surface area is 135 Å². The van der Waals surface area contributed by atoms with Crippen molar-refractivity contribution in [2.45, 2.75) is 38.6 Å². The Morgan fingerprint density at radius 3 is 3.05 bits per heavy atom. The van der Waals surface area contributed by atoms with Crippen LogP contribution in [-0.4, -0.2) is 29.9 Å². The molecular weight excluding hydrogens is 300 g/mol. The zero-order valence-corrected chi connectivity index (χ0v) is 13.5. The molecule has 1 unspecified atom stereocenters. The van der Waals surface area contributed by atoms with Crippen molar-refractivity contribution in [1.82, 2.24) is 4.90 Å². The topological polar surface area (TPSA) is 59.5 Å². The van der Waals surface area contributed by atoms with Gasteiger partial charge in [-0.25, -0.2) is 0 Å². The first-order valence-electron chi connectivity index (χ1n) is 7.74. The Kier molecular flexibility index (Phi) is 4.41. The number of rotatable bonds is 2. The molecule has 4 nitrogen and oxygen atoms in total. The van der Waals surface area contributed by atoms with Crippen LogP contribution in [0, 0.1) is 6.92 Å². The zero-order valence-electron chi connectivity index (χ0n) is 12.8. The van der Waals surface area contributed by atoms with Gasteiger partial charge in [0.15, 0.2) is 0 Å². The molecule has 5 heteroatoms. The van der Waals surface area contributed by atoms with Gasteiger partial charge in [0, 0.05) is 35.1 Å². The Morgan fingerprint density at radius 1 is 1.41 bits per heavy atom. The monoisotopic (exact) mass is 320 g/mol. The van der Waals surface area contributed by atoms with E-state index in [1.54, 1.807) is 6.26 Å². The predicted molar refractivity (Wildman–Crippen MR) is 88.1 cm³/mol. The first-order chi connectivity index (χ1) is 10.5. The number of fused-ring (bicyclic) bond motifs is 1. The van der Waals surface area contributed by atoms with Crippen LogP contribution >= 0.6 is 11.6 Å². The summed E-state index contributed by atoms with van der Waals surface area (Å²) in [7, 11) is 0. The van der Waals surface area contributed by atoms with E-state index in [1.807, 2.05) is 24.0 Å². The largest absolute Gasteiger partial charge is 0.464 e. The Bertz CT molecular complexity index is 695. The van der Waals surface area contributed by atoms with E-state index >= 15 is 0 Å². The molecule has 2 heterocycles. The molecule has 118 valence electrons. The van der Waals surface area contributed by atoms with Crippen LogP contribution in [0.4, 0.5) is 0 Å². The summed E-state index contributed by atoms with van der Waals surface area (Å²) in [5.74, 6) is 0.133. The maximum atomic E-state index is 12.5. The zero-order chi connectivity index (χ0) is 15.7. The third kappa shape index (κ3) is 3.13. The SMILES string of the molecule is Cc1cc2occ(CC(=O)N3CCCC(N)CC3)c2cc1Cl. The highest BCUT2D eigenvalue weighted by atomic mass is 35.5. The first-order valence-corrected chi connectivity index (χ1v) is 8.12. The lowest BCUT2D eigenvalue weighted by Crippen LogP contribution is -2.33. The van der Waals surface area contributed by atoms with E-state index in [0.717, 1.165) is 54.4 Å². The summed E-state index contributed by atoms with van der Waals surface area (Å²) in [4.78, 5) is 14.4. The van der Waals surface area contributed by atoms with Crippen molar-refractivity contribution in [1.29, 1.82) is 0 Å². The van der Waals surface area contributed by atoms with Crippen LogP contribution in [0.5, 0.6) is 0 Å². The number of amides is 1. The number of hydrogen-bond donors (Lipinski definition) is 1. The lowest BCUT2D eigenvalue weighted by molar-refractivity contribution is -0.130. The average molecular weight is 321 g/mol. The van der Waals surface area contributed by atoms with Gasteiger partial charge in [0.1, 0.15) is 5.58 Å². The molecule has 3 rings (SSSR count). The van der Waals surface area contributed by atoms with Gasteiger partial charge in [0.2, 0.25) is 5.91 Å². The van der Waals surface area contributed by atoms with Crippen molar-refractivity contribution in [3.8, 4) is 0 Å². The molecular formula is C17H21ClN2O2. The number of nitrogens with zero attached hydrogens (tertiary/aromatic N) is 1. The van der Waals surface area contributed by atoms with Gasteiger partial charge in [-0.1, -0.05) is 11.6 Å². The van der Waals surface area contributed by atoms with Gasteiger partial charge in [0.25, 0.3) is 0 Å². The predicted octanol–water partition coefficient (Wildman–Crippen LogP) is 3.28. The maximum Gasteiger partial charge on any atom is 0.227 e. The smallest absolute Gasteiger partial charge is 0.227 e. The van der Waals surface area contributed by atoms with Crippen molar-refractivity contribution < 1.29 is 9.21 Å². The second-order valence-corrected chi connectivity index (χ2v) is 6.51. The van der Waals surface area contributed by atoms with Crippen molar-refractivity contribution in [2.24, 2.45) is 5.73 Å². The van der Waals surface area contributed by atoms with Crippen molar-refractivity contribution in [2.75, 3.05) is 13.1 Å².